The highest BCUT2D eigenvalue weighted by Crippen LogP contribution is 2.31. The Labute approximate surface area is 141 Å². The molecule has 0 fully saturated rings. The number of hydrogen-bond acceptors (Lipinski definition) is 4. The van der Waals surface area contributed by atoms with E-state index >= 15 is 0 Å². The first-order chi connectivity index (χ1) is 11.8. The number of halogens is 3. The van der Waals surface area contributed by atoms with Crippen LogP contribution in [0.4, 0.5) is 24.9 Å². The van der Waals surface area contributed by atoms with Gasteiger partial charge in [-0.2, -0.15) is 13.2 Å². The lowest BCUT2D eigenvalue weighted by Crippen LogP contribution is -2.04. The molecule has 0 aliphatic carbocycles. The van der Waals surface area contributed by atoms with E-state index in [1.165, 1.54) is 25.3 Å². The molecular weight excluding hydrogens is 333 g/mol. The number of nitrogens with one attached hydrogen (secondary N) is 1. The average molecular weight is 346 g/mol. The van der Waals surface area contributed by atoms with Crippen molar-refractivity contribution in [3.05, 3.63) is 65.9 Å². The van der Waals surface area contributed by atoms with Gasteiger partial charge in [0.2, 0.25) is 0 Å². The Morgan fingerprint density at radius 3 is 2.48 bits per heavy atom. The van der Waals surface area contributed by atoms with E-state index in [1.54, 1.807) is 24.3 Å². The third kappa shape index (κ3) is 3.88. The molecule has 1 N–H and O–H groups in total. The van der Waals surface area contributed by atoms with Crippen LogP contribution in [0.15, 0.2) is 59.1 Å². The average Bonchev–Trinajstić information content (AvgIpc) is 3.03. The fraction of sp³-hybridized carbons (Fsp3) is 0.111. The van der Waals surface area contributed by atoms with E-state index in [1.807, 2.05) is 0 Å². The van der Waals surface area contributed by atoms with Gasteiger partial charge in [0.1, 0.15) is 0 Å². The predicted octanol–water partition coefficient (Wildman–Crippen LogP) is 5.31. The lowest BCUT2D eigenvalue weighted by molar-refractivity contribution is -0.137. The Kier molecular flexibility index (Phi) is 4.31. The van der Waals surface area contributed by atoms with Gasteiger partial charge in [0.05, 0.1) is 11.8 Å². The van der Waals surface area contributed by atoms with E-state index in [2.05, 4.69) is 10.3 Å². The van der Waals surface area contributed by atoms with E-state index in [0.29, 0.717) is 22.6 Å². The van der Waals surface area contributed by atoms with Crippen LogP contribution in [0, 0.1) is 0 Å². The molecule has 0 bridgehead atoms. The zero-order valence-electron chi connectivity index (χ0n) is 13.1. The molecule has 0 aliphatic heterocycles. The number of benzene rings is 2. The zero-order valence-corrected chi connectivity index (χ0v) is 13.1. The number of carbonyl (C=O) groups is 1. The Balaban J connectivity index is 1.78. The first-order valence-electron chi connectivity index (χ1n) is 7.34. The minimum atomic E-state index is -4.38. The second-order valence-corrected chi connectivity index (χ2v) is 5.37. The number of carbonyl (C=O) groups excluding carboxylic acids is 1. The molecule has 128 valence electrons. The van der Waals surface area contributed by atoms with E-state index in [9.17, 15) is 18.0 Å². The van der Waals surface area contributed by atoms with Gasteiger partial charge in [0.15, 0.2) is 11.5 Å². The number of ketones is 1. The van der Waals surface area contributed by atoms with Crippen LogP contribution in [0.25, 0.3) is 11.3 Å². The van der Waals surface area contributed by atoms with Crippen LogP contribution in [0.1, 0.15) is 22.8 Å². The van der Waals surface area contributed by atoms with Crippen molar-refractivity contribution in [2.75, 3.05) is 5.32 Å². The summed E-state index contributed by atoms with van der Waals surface area (Å²) in [7, 11) is 0. The second kappa shape index (κ2) is 6.43. The largest absolute Gasteiger partial charge is 0.423 e. The van der Waals surface area contributed by atoms with Crippen molar-refractivity contribution in [2.24, 2.45) is 0 Å². The van der Waals surface area contributed by atoms with E-state index in [0.717, 1.165) is 12.1 Å². The normalized spacial score (nSPS) is 11.4. The highest BCUT2D eigenvalue weighted by molar-refractivity contribution is 5.95. The Bertz CT molecular complexity index is 899. The fourth-order valence-corrected chi connectivity index (χ4v) is 2.22. The van der Waals surface area contributed by atoms with Crippen molar-refractivity contribution in [3.63, 3.8) is 0 Å². The predicted molar refractivity (Wildman–Crippen MR) is 86.7 cm³/mol. The summed E-state index contributed by atoms with van der Waals surface area (Å²) in [5.74, 6) is 0.377. The maximum Gasteiger partial charge on any atom is 0.416 e. The van der Waals surface area contributed by atoms with Crippen molar-refractivity contribution < 1.29 is 22.4 Å². The van der Waals surface area contributed by atoms with Crippen molar-refractivity contribution in [1.82, 2.24) is 4.98 Å². The lowest BCUT2D eigenvalue weighted by Gasteiger charge is -2.07. The number of hydrogen-bond donors (Lipinski definition) is 1. The van der Waals surface area contributed by atoms with Gasteiger partial charge in [0, 0.05) is 16.8 Å². The highest BCUT2D eigenvalue weighted by Gasteiger charge is 2.29. The van der Waals surface area contributed by atoms with Gasteiger partial charge in [0.25, 0.3) is 6.01 Å². The standard InChI is InChI=1S/C18H13F3N2O2/c1-11(24)12-3-2-4-13(9-12)16-10-22-17(25-16)23-15-7-5-14(6-8-15)18(19,20)21/h2-10H,1H3,(H,22,23). The molecule has 0 spiro atoms. The molecule has 0 saturated carbocycles. The molecular formula is C18H13F3N2O2. The van der Waals surface area contributed by atoms with Gasteiger partial charge in [-0.1, -0.05) is 18.2 Å². The topological polar surface area (TPSA) is 55.1 Å². The van der Waals surface area contributed by atoms with Gasteiger partial charge < -0.3 is 9.73 Å². The summed E-state index contributed by atoms with van der Waals surface area (Å²) in [5, 5.41) is 2.80. The van der Waals surface area contributed by atoms with Crippen LogP contribution in [-0.2, 0) is 6.18 Å². The smallest absolute Gasteiger partial charge is 0.416 e. The minimum Gasteiger partial charge on any atom is -0.423 e. The third-order valence-electron chi connectivity index (χ3n) is 3.52. The zero-order chi connectivity index (χ0) is 18.0. The van der Waals surface area contributed by atoms with E-state index in [-0.39, 0.29) is 11.8 Å². The monoisotopic (exact) mass is 346 g/mol. The minimum absolute atomic E-state index is 0.0653. The molecule has 0 unspecified atom stereocenters. The van der Waals surface area contributed by atoms with Gasteiger partial charge in [-0.25, -0.2) is 4.98 Å². The number of alkyl halides is 3. The van der Waals surface area contributed by atoms with Crippen LogP contribution >= 0.6 is 0 Å². The molecule has 0 atom stereocenters. The third-order valence-corrected chi connectivity index (χ3v) is 3.52. The molecule has 0 saturated heterocycles. The van der Waals surface area contributed by atoms with Gasteiger partial charge in [-0.05, 0) is 37.3 Å². The molecule has 1 heterocycles. The summed E-state index contributed by atoms with van der Waals surface area (Å²) in [5.41, 5.74) is 0.915. The molecule has 3 rings (SSSR count). The molecule has 3 aromatic rings. The Morgan fingerprint density at radius 1 is 1.12 bits per heavy atom. The first kappa shape index (κ1) is 16.8. The number of anilines is 2. The Morgan fingerprint density at radius 2 is 1.84 bits per heavy atom. The van der Waals surface area contributed by atoms with Gasteiger partial charge >= 0.3 is 6.18 Å². The van der Waals surface area contributed by atoms with Crippen molar-refractivity contribution in [2.45, 2.75) is 13.1 Å². The van der Waals surface area contributed by atoms with Crippen LogP contribution in [-0.4, -0.2) is 10.8 Å². The van der Waals surface area contributed by atoms with Crippen molar-refractivity contribution in [1.29, 1.82) is 0 Å². The van der Waals surface area contributed by atoms with E-state index in [4.69, 9.17) is 4.42 Å². The van der Waals surface area contributed by atoms with Crippen LogP contribution < -0.4 is 5.32 Å². The summed E-state index contributed by atoms with van der Waals surface area (Å²) in [6.45, 7) is 1.47. The molecule has 25 heavy (non-hydrogen) atoms. The van der Waals surface area contributed by atoms with Crippen LogP contribution in [0.3, 0.4) is 0 Å². The fourth-order valence-electron chi connectivity index (χ4n) is 2.22. The van der Waals surface area contributed by atoms with Crippen molar-refractivity contribution >= 4 is 17.5 Å². The Hall–Kier alpha value is -3.09. The number of Topliss-reactive ketones (excluding diaryl/α,β-unsaturated/α-hetero) is 1. The van der Waals surface area contributed by atoms with Gasteiger partial charge in [-0.3, -0.25) is 4.79 Å². The van der Waals surface area contributed by atoms with Crippen LogP contribution in [0.2, 0.25) is 0 Å². The molecule has 7 heteroatoms. The quantitative estimate of drug-likeness (QED) is 0.651. The van der Waals surface area contributed by atoms with Crippen LogP contribution in [0.5, 0.6) is 0 Å². The summed E-state index contributed by atoms with van der Waals surface area (Å²) in [6.07, 6.45) is -2.90. The second-order valence-electron chi connectivity index (χ2n) is 5.37. The first-order valence-corrected chi connectivity index (χ1v) is 7.34. The number of nitrogens with zero attached hydrogens (tertiary/aromatic N) is 1. The van der Waals surface area contributed by atoms with E-state index < -0.39 is 11.7 Å². The summed E-state index contributed by atoms with van der Waals surface area (Å²) < 4.78 is 43.2. The number of oxazole rings is 1. The summed E-state index contributed by atoms with van der Waals surface area (Å²) in [4.78, 5) is 15.5. The lowest BCUT2D eigenvalue weighted by atomic mass is 10.1. The molecule has 0 amide bonds. The summed E-state index contributed by atoms with van der Waals surface area (Å²) in [6, 6.07) is 11.6. The molecule has 4 nitrogen and oxygen atoms in total. The molecule has 0 aliphatic rings. The maximum absolute atomic E-state index is 12.6. The molecule has 2 aromatic carbocycles. The molecule has 0 radical (unpaired) electrons. The number of aromatic nitrogens is 1. The van der Waals surface area contributed by atoms with Crippen molar-refractivity contribution in [3.8, 4) is 11.3 Å². The highest BCUT2D eigenvalue weighted by atomic mass is 19.4. The SMILES string of the molecule is CC(=O)c1cccc(-c2cnc(Nc3ccc(C(F)(F)F)cc3)o2)c1. The number of rotatable bonds is 4. The summed E-state index contributed by atoms with van der Waals surface area (Å²) >= 11 is 0. The molecule has 1 aromatic heterocycles. The maximum atomic E-state index is 12.6. The van der Waals surface area contributed by atoms with Gasteiger partial charge in [-0.15, -0.1) is 0 Å².